The largest absolute Gasteiger partial charge is 0.405 e. The standard InChI is InChI=1S/C12H14ClF3N2O/c1-7-3-4-9(5-10(7)13)18-8(2)11(19)17-6-12(14,15)16/h3-5,8,18H,6H2,1-2H3,(H,17,19). The van der Waals surface area contributed by atoms with Crippen molar-refractivity contribution in [1.82, 2.24) is 5.32 Å². The van der Waals surface area contributed by atoms with Crippen molar-refractivity contribution in [3.8, 4) is 0 Å². The molecular weight excluding hydrogens is 281 g/mol. The van der Waals surface area contributed by atoms with E-state index in [4.69, 9.17) is 11.6 Å². The second-order valence-corrected chi connectivity index (χ2v) is 4.57. The Balaban J connectivity index is 2.56. The summed E-state index contributed by atoms with van der Waals surface area (Å²) in [6, 6.07) is 4.28. The smallest absolute Gasteiger partial charge is 0.374 e. The molecule has 0 saturated heterocycles. The second-order valence-electron chi connectivity index (χ2n) is 4.16. The summed E-state index contributed by atoms with van der Waals surface area (Å²) in [6.07, 6.45) is -4.41. The van der Waals surface area contributed by atoms with Gasteiger partial charge < -0.3 is 10.6 Å². The van der Waals surface area contributed by atoms with E-state index in [1.807, 2.05) is 12.2 Å². The van der Waals surface area contributed by atoms with Crippen molar-refractivity contribution in [2.75, 3.05) is 11.9 Å². The Hall–Kier alpha value is -1.43. The van der Waals surface area contributed by atoms with Gasteiger partial charge in [0.1, 0.15) is 12.6 Å². The molecule has 0 aliphatic heterocycles. The highest BCUT2D eigenvalue weighted by atomic mass is 35.5. The van der Waals surface area contributed by atoms with Gasteiger partial charge in [0.05, 0.1) is 0 Å². The lowest BCUT2D eigenvalue weighted by Gasteiger charge is -2.16. The highest BCUT2D eigenvalue weighted by Crippen LogP contribution is 2.20. The lowest BCUT2D eigenvalue weighted by molar-refractivity contribution is -0.138. The molecule has 0 aromatic heterocycles. The summed E-state index contributed by atoms with van der Waals surface area (Å²) in [6.45, 7) is 1.96. The van der Waals surface area contributed by atoms with Crippen LogP contribution in [-0.4, -0.2) is 24.7 Å². The molecule has 1 amide bonds. The lowest BCUT2D eigenvalue weighted by atomic mass is 10.2. The molecule has 106 valence electrons. The molecular formula is C12H14ClF3N2O. The number of carbonyl (C=O) groups excluding carboxylic acids is 1. The van der Waals surface area contributed by atoms with E-state index in [0.29, 0.717) is 10.7 Å². The monoisotopic (exact) mass is 294 g/mol. The Morgan fingerprint density at radius 1 is 1.42 bits per heavy atom. The molecule has 3 nitrogen and oxygen atoms in total. The maximum absolute atomic E-state index is 12.0. The molecule has 7 heteroatoms. The van der Waals surface area contributed by atoms with Crippen LogP contribution in [0.3, 0.4) is 0 Å². The van der Waals surface area contributed by atoms with Crippen molar-refractivity contribution < 1.29 is 18.0 Å². The first-order valence-corrected chi connectivity index (χ1v) is 5.94. The molecule has 2 N–H and O–H groups in total. The third kappa shape index (κ3) is 5.38. The molecule has 19 heavy (non-hydrogen) atoms. The Labute approximate surface area is 114 Å². The van der Waals surface area contributed by atoms with Crippen LogP contribution in [0.15, 0.2) is 18.2 Å². The molecule has 0 radical (unpaired) electrons. The van der Waals surface area contributed by atoms with Crippen molar-refractivity contribution in [1.29, 1.82) is 0 Å². The maximum atomic E-state index is 12.0. The Bertz CT molecular complexity index is 463. The minimum Gasteiger partial charge on any atom is -0.374 e. The van der Waals surface area contributed by atoms with Crippen molar-refractivity contribution >= 4 is 23.2 Å². The zero-order valence-corrected chi connectivity index (χ0v) is 11.2. The average molecular weight is 295 g/mol. The van der Waals surface area contributed by atoms with Crippen LogP contribution in [0.1, 0.15) is 12.5 Å². The van der Waals surface area contributed by atoms with Gasteiger partial charge >= 0.3 is 6.18 Å². The number of hydrogen-bond acceptors (Lipinski definition) is 2. The molecule has 0 aliphatic rings. The number of anilines is 1. The van der Waals surface area contributed by atoms with Gasteiger partial charge in [-0.05, 0) is 31.5 Å². The summed E-state index contributed by atoms with van der Waals surface area (Å²) in [5, 5.41) is 5.11. The molecule has 1 aromatic rings. The normalized spacial score (nSPS) is 12.9. The van der Waals surface area contributed by atoms with E-state index in [0.717, 1.165) is 5.56 Å². The topological polar surface area (TPSA) is 41.1 Å². The lowest BCUT2D eigenvalue weighted by Crippen LogP contribution is -2.42. The first-order chi connectivity index (χ1) is 8.69. The predicted molar refractivity (Wildman–Crippen MR) is 68.3 cm³/mol. The van der Waals surface area contributed by atoms with Crippen LogP contribution >= 0.6 is 11.6 Å². The van der Waals surface area contributed by atoms with Crippen molar-refractivity contribution in [2.45, 2.75) is 26.1 Å². The number of halogens is 4. The highest BCUT2D eigenvalue weighted by Gasteiger charge is 2.28. The number of aryl methyl sites for hydroxylation is 1. The zero-order chi connectivity index (χ0) is 14.6. The van der Waals surface area contributed by atoms with Gasteiger partial charge in [0.25, 0.3) is 0 Å². The van der Waals surface area contributed by atoms with Crippen LogP contribution in [0.4, 0.5) is 18.9 Å². The maximum Gasteiger partial charge on any atom is 0.405 e. The summed E-state index contributed by atoms with van der Waals surface area (Å²) < 4.78 is 35.9. The van der Waals surface area contributed by atoms with Gasteiger partial charge in [-0.15, -0.1) is 0 Å². The van der Waals surface area contributed by atoms with E-state index in [-0.39, 0.29) is 0 Å². The molecule has 0 fully saturated rings. The number of carbonyl (C=O) groups is 1. The fourth-order valence-corrected chi connectivity index (χ4v) is 1.52. The summed E-state index contributed by atoms with van der Waals surface area (Å²) in [5.74, 6) is -0.728. The zero-order valence-electron chi connectivity index (χ0n) is 10.4. The summed E-state index contributed by atoms with van der Waals surface area (Å²) in [7, 11) is 0. The predicted octanol–water partition coefficient (Wildman–Crippen LogP) is 3.13. The Morgan fingerprint density at radius 2 is 2.05 bits per heavy atom. The van der Waals surface area contributed by atoms with Crippen LogP contribution in [0.5, 0.6) is 0 Å². The Morgan fingerprint density at radius 3 is 2.58 bits per heavy atom. The van der Waals surface area contributed by atoms with Crippen molar-refractivity contribution in [3.05, 3.63) is 28.8 Å². The number of rotatable bonds is 4. The van der Waals surface area contributed by atoms with E-state index >= 15 is 0 Å². The van der Waals surface area contributed by atoms with Crippen LogP contribution in [0.2, 0.25) is 5.02 Å². The second kappa shape index (κ2) is 6.14. The van der Waals surface area contributed by atoms with Gasteiger partial charge in [0, 0.05) is 10.7 Å². The van der Waals surface area contributed by atoms with Crippen molar-refractivity contribution in [3.63, 3.8) is 0 Å². The summed E-state index contributed by atoms with van der Waals surface area (Å²) in [4.78, 5) is 11.4. The number of alkyl halides is 3. The third-order valence-electron chi connectivity index (χ3n) is 2.41. The average Bonchev–Trinajstić information content (AvgIpc) is 2.29. The molecule has 0 spiro atoms. The highest BCUT2D eigenvalue weighted by molar-refractivity contribution is 6.31. The minimum absolute atomic E-state index is 0.521. The SMILES string of the molecule is Cc1ccc(NC(C)C(=O)NCC(F)(F)F)cc1Cl. The van der Waals surface area contributed by atoms with E-state index < -0.39 is 24.7 Å². The first-order valence-electron chi connectivity index (χ1n) is 5.56. The van der Waals surface area contributed by atoms with E-state index in [1.54, 1.807) is 18.2 Å². The van der Waals surface area contributed by atoms with E-state index in [9.17, 15) is 18.0 Å². The van der Waals surface area contributed by atoms with Crippen molar-refractivity contribution in [2.24, 2.45) is 0 Å². The van der Waals surface area contributed by atoms with Gasteiger partial charge in [-0.25, -0.2) is 0 Å². The molecule has 0 heterocycles. The molecule has 1 atom stereocenters. The Kier molecular flexibility index (Phi) is 5.05. The van der Waals surface area contributed by atoms with Crippen LogP contribution in [-0.2, 0) is 4.79 Å². The van der Waals surface area contributed by atoms with Crippen LogP contribution < -0.4 is 10.6 Å². The molecule has 0 bridgehead atoms. The molecule has 0 aliphatic carbocycles. The fourth-order valence-electron chi connectivity index (χ4n) is 1.34. The molecule has 1 aromatic carbocycles. The molecule has 0 saturated carbocycles. The van der Waals surface area contributed by atoms with Gasteiger partial charge in [0.15, 0.2) is 0 Å². The first kappa shape index (κ1) is 15.6. The third-order valence-corrected chi connectivity index (χ3v) is 2.82. The number of hydrogen-bond donors (Lipinski definition) is 2. The quantitative estimate of drug-likeness (QED) is 0.896. The van der Waals surface area contributed by atoms with E-state index in [1.165, 1.54) is 6.92 Å². The van der Waals surface area contributed by atoms with Gasteiger partial charge in [-0.2, -0.15) is 13.2 Å². The van der Waals surface area contributed by atoms with Crippen LogP contribution in [0, 0.1) is 6.92 Å². The summed E-state index contributed by atoms with van der Waals surface area (Å²) in [5.41, 5.74) is 1.45. The number of amides is 1. The number of benzene rings is 1. The van der Waals surface area contributed by atoms with E-state index in [2.05, 4.69) is 5.32 Å². The van der Waals surface area contributed by atoms with Gasteiger partial charge in [-0.3, -0.25) is 4.79 Å². The number of nitrogens with one attached hydrogen (secondary N) is 2. The summed E-state index contributed by atoms with van der Waals surface area (Å²) >= 11 is 5.91. The fraction of sp³-hybridized carbons (Fsp3) is 0.417. The minimum atomic E-state index is -4.41. The van der Waals surface area contributed by atoms with Gasteiger partial charge in [-0.1, -0.05) is 17.7 Å². The van der Waals surface area contributed by atoms with Crippen LogP contribution in [0.25, 0.3) is 0 Å². The van der Waals surface area contributed by atoms with Gasteiger partial charge in [0.2, 0.25) is 5.91 Å². The molecule has 1 unspecified atom stereocenters. The molecule has 1 rings (SSSR count).